The maximum Gasteiger partial charge on any atom is 0.255 e. The van der Waals surface area contributed by atoms with E-state index in [0.29, 0.717) is 18.7 Å². The number of hydrogen-bond acceptors (Lipinski definition) is 4. The zero-order valence-corrected chi connectivity index (χ0v) is 17.2. The van der Waals surface area contributed by atoms with Gasteiger partial charge in [-0.1, -0.05) is 30.3 Å². The van der Waals surface area contributed by atoms with E-state index in [1.165, 1.54) is 5.56 Å². The lowest BCUT2D eigenvalue weighted by atomic mass is 9.85. The third-order valence-corrected chi connectivity index (χ3v) is 6.21. The fourth-order valence-electron chi connectivity index (χ4n) is 4.40. The fourth-order valence-corrected chi connectivity index (χ4v) is 4.40. The zero-order valence-electron chi connectivity index (χ0n) is 17.2. The largest absolute Gasteiger partial charge is 0.363 e. The highest BCUT2D eigenvalue weighted by Gasteiger charge is 2.51. The molecule has 0 aliphatic carbocycles. The summed E-state index contributed by atoms with van der Waals surface area (Å²) < 4.78 is 0. The van der Waals surface area contributed by atoms with E-state index in [0.717, 1.165) is 38.2 Å². The number of carbonyl (C=O) groups excluding carboxylic acids is 2. The van der Waals surface area contributed by atoms with E-state index in [1.54, 1.807) is 6.20 Å². The maximum absolute atomic E-state index is 13.1. The van der Waals surface area contributed by atoms with Crippen LogP contribution in [0.1, 0.15) is 28.8 Å². The van der Waals surface area contributed by atoms with Crippen molar-refractivity contribution in [2.24, 2.45) is 5.41 Å². The highest BCUT2D eigenvalue weighted by molar-refractivity contribution is 5.95. The highest BCUT2D eigenvalue weighted by atomic mass is 16.2. The van der Waals surface area contributed by atoms with Gasteiger partial charge in [-0.05, 0) is 37.0 Å². The molecule has 2 aliphatic heterocycles. The van der Waals surface area contributed by atoms with Crippen LogP contribution in [0.15, 0.2) is 48.7 Å². The summed E-state index contributed by atoms with van der Waals surface area (Å²) in [6.07, 6.45) is 4.09. The number of anilines is 1. The summed E-state index contributed by atoms with van der Waals surface area (Å²) >= 11 is 0. The standard InChI is InChI=1S/C23H28N4O2/c1-25(2)20-9-8-19(16-24-20)21(28)27-15-12-23(17-27)11-14-26(22(23)29)13-10-18-6-4-3-5-7-18/h3-9,16H,10-15,17H2,1-2H3. The first kappa shape index (κ1) is 19.4. The van der Waals surface area contributed by atoms with Crippen LogP contribution < -0.4 is 4.90 Å². The Kier molecular flexibility index (Phi) is 5.26. The topological polar surface area (TPSA) is 56.8 Å². The molecule has 6 nitrogen and oxygen atoms in total. The lowest BCUT2D eigenvalue weighted by Gasteiger charge is -2.24. The number of pyridine rings is 1. The second-order valence-corrected chi connectivity index (χ2v) is 8.33. The van der Waals surface area contributed by atoms with Gasteiger partial charge in [-0.15, -0.1) is 0 Å². The number of amides is 2. The van der Waals surface area contributed by atoms with Crippen molar-refractivity contribution in [1.29, 1.82) is 0 Å². The maximum atomic E-state index is 13.1. The van der Waals surface area contributed by atoms with Crippen LogP contribution in [0.2, 0.25) is 0 Å². The van der Waals surface area contributed by atoms with E-state index in [-0.39, 0.29) is 11.8 Å². The second kappa shape index (κ2) is 7.85. The quantitative estimate of drug-likeness (QED) is 0.784. The predicted octanol–water partition coefficient (Wildman–Crippen LogP) is 2.45. The van der Waals surface area contributed by atoms with E-state index < -0.39 is 5.41 Å². The minimum Gasteiger partial charge on any atom is -0.363 e. The molecule has 0 N–H and O–H groups in total. The van der Waals surface area contributed by atoms with Crippen molar-refractivity contribution < 1.29 is 9.59 Å². The second-order valence-electron chi connectivity index (χ2n) is 8.33. The molecule has 2 saturated heterocycles. The van der Waals surface area contributed by atoms with Gasteiger partial charge in [0.15, 0.2) is 0 Å². The first-order valence-corrected chi connectivity index (χ1v) is 10.2. The molecule has 2 amide bonds. The van der Waals surface area contributed by atoms with Crippen LogP contribution in [0, 0.1) is 5.41 Å². The highest BCUT2D eigenvalue weighted by Crippen LogP contribution is 2.41. The minimum atomic E-state index is -0.399. The van der Waals surface area contributed by atoms with Gasteiger partial charge in [-0.25, -0.2) is 4.98 Å². The third kappa shape index (κ3) is 3.84. The van der Waals surface area contributed by atoms with Crippen LogP contribution in [0.4, 0.5) is 5.82 Å². The van der Waals surface area contributed by atoms with Gasteiger partial charge in [0.1, 0.15) is 5.82 Å². The number of aromatic nitrogens is 1. The van der Waals surface area contributed by atoms with E-state index in [9.17, 15) is 9.59 Å². The van der Waals surface area contributed by atoms with Gasteiger partial charge in [-0.3, -0.25) is 9.59 Å². The monoisotopic (exact) mass is 392 g/mol. The van der Waals surface area contributed by atoms with Crippen molar-refractivity contribution in [2.75, 3.05) is 45.2 Å². The molecule has 1 spiro atoms. The van der Waals surface area contributed by atoms with E-state index in [2.05, 4.69) is 17.1 Å². The van der Waals surface area contributed by atoms with Crippen LogP contribution in [-0.2, 0) is 11.2 Å². The molecule has 1 aromatic carbocycles. The van der Waals surface area contributed by atoms with Crippen LogP contribution in [0.25, 0.3) is 0 Å². The molecule has 2 aromatic rings. The summed E-state index contributed by atoms with van der Waals surface area (Å²) in [5.41, 5.74) is 1.43. The van der Waals surface area contributed by atoms with Crippen molar-refractivity contribution in [3.8, 4) is 0 Å². The lowest BCUT2D eigenvalue weighted by Crippen LogP contribution is -2.39. The molecule has 1 unspecified atom stereocenters. The van der Waals surface area contributed by atoms with Crippen molar-refractivity contribution >= 4 is 17.6 Å². The van der Waals surface area contributed by atoms with Crippen LogP contribution in [0.5, 0.6) is 0 Å². The molecule has 1 atom stereocenters. The van der Waals surface area contributed by atoms with Gasteiger partial charge in [-0.2, -0.15) is 0 Å². The fraction of sp³-hybridized carbons (Fsp3) is 0.435. The summed E-state index contributed by atoms with van der Waals surface area (Å²) in [4.78, 5) is 36.1. The van der Waals surface area contributed by atoms with Crippen LogP contribution in [0.3, 0.4) is 0 Å². The molecule has 0 saturated carbocycles. The molecule has 1 aromatic heterocycles. The van der Waals surface area contributed by atoms with E-state index >= 15 is 0 Å². The molecule has 0 radical (unpaired) electrons. The number of nitrogens with zero attached hydrogens (tertiary/aromatic N) is 4. The Morgan fingerprint density at radius 3 is 2.55 bits per heavy atom. The van der Waals surface area contributed by atoms with Gasteiger partial charge in [0.05, 0.1) is 11.0 Å². The first-order chi connectivity index (χ1) is 14.0. The van der Waals surface area contributed by atoms with Gasteiger partial charge >= 0.3 is 0 Å². The number of benzene rings is 1. The van der Waals surface area contributed by atoms with E-state index in [4.69, 9.17) is 0 Å². The molecule has 0 bridgehead atoms. The summed E-state index contributed by atoms with van der Waals surface area (Å²) in [5.74, 6) is 1.000. The van der Waals surface area contributed by atoms with E-state index in [1.807, 2.05) is 59.1 Å². The van der Waals surface area contributed by atoms with Crippen LogP contribution in [-0.4, -0.2) is 66.9 Å². The molecule has 2 fully saturated rings. The predicted molar refractivity (Wildman–Crippen MR) is 113 cm³/mol. The Morgan fingerprint density at radius 1 is 1.10 bits per heavy atom. The summed E-state index contributed by atoms with van der Waals surface area (Å²) in [6, 6.07) is 13.9. The van der Waals surface area contributed by atoms with Crippen LogP contribution >= 0.6 is 0 Å². The van der Waals surface area contributed by atoms with Gasteiger partial charge < -0.3 is 14.7 Å². The Balaban J connectivity index is 1.38. The molecular formula is C23H28N4O2. The van der Waals surface area contributed by atoms with Crippen molar-refractivity contribution in [3.63, 3.8) is 0 Å². The van der Waals surface area contributed by atoms with Crippen molar-refractivity contribution in [1.82, 2.24) is 14.8 Å². The normalized spacial score (nSPS) is 21.2. The molecule has 3 heterocycles. The van der Waals surface area contributed by atoms with Gasteiger partial charge in [0.25, 0.3) is 5.91 Å². The number of likely N-dealkylation sites (tertiary alicyclic amines) is 2. The Bertz CT molecular complexity index is 882. The van der Waals surface area contributed by atoms with Gasteiger partial charge in [0, 0.05) is 46.5 Å². The average molecular weight is 393 g/mol. The van der Waals surface area contributed by atoms with Crippen molar-refractivity contribution in [3.05, 3.63) is 59.8 Å². The number of carbonyl (C=O) groups is 2. The third-order valence-electron chi connectivity index (χ3n) is 6.21. The molecule has 2 aliphatic rings. The number of hydrogen-bond donors (Lipinski definition) is 0. The first-order valence-electron chi connectivity index (χ1n) is 10.2. The molecule has 6 heteroatoms. The Hall–Kier alpha value is -2.89. The summed E-state index contributed by atoms with van der Waals surface area (Å²) in [7, 11) is 3.84. The van der Waals surface area contributed by atoms with Crippen molar-refractivity contribution in [2.45, 2.75) is 19.3 Å². The Morgan fingerprint density at radius 2 is 1.86 bits per heavy atom. The SMILES string of the molecule is CN(C)c1ccc(C(=O)N2CCC3(CCN(CCc4ccccc4)C3=O)C2)cn1. The lowest BCUT2D eigenvalue weighted by molar-refractivity contribution is -0.135. The van der Waals surface area contributed by atoms with Gasteiger partial charge in [0.2, 0.25) is 5.91 Å². The molecule has 4 rings (SSSR count). The smallest absolute Gasteiger partial charge is 0.255 e. The zero-order chi connectivity index (χ0) is 20.4. The summed E-state index contributed by atoms with van der Waals surface area (Å²) in [6.45, 7) is 2.68. The molecule has 152 valence electrons. The molecule has 29 heavy (non-hydrogen) atoms. The molecular weight excluding hydrogens is 364 g/mol. The minimum absolute atomic E-state index is 0.0322. The number of rotatable bonds is 5. The summed E-state index contributed by atoms with van der Waals surface area (Å²) in [5, 5.41) is 0. The average Bonchev–Trinajstić information content (AvgIpc) is 3.31. The Labute approximate surface area is 172 Å².